The predicted molar refractivity (Wildman–Crippen MR) is 53.5 cm³/mol. The Bertz CT molecular complexity index is 335. The lowest BCUT2D eigenvalue weighted by Gasteiger charge is -2.10. The molecule has 0 unspecified atom stereocenters. The van der Waals surface area contributed by atoms with Gasteiger partial charge in [0.2, 0.25) is 0 Å². The maximum Gasteiger partial charge on any atom is 0.0411 e. The van der Waals surface area contributed by atoms with Crippen LogP contribution in [0.15, 0.2) is 24.3 Å². The topological polar surface area (TPSA) is 26.0 Å². The summed E-state index contributed by atoms with van der Waals surface area (Å²) in [6.45, 7) is 0. The van der Waals surface area contributed by atoms with Gasteiger partial charge in [0.15, 0.2) is 0 Å². The summed E-state index contributed by atoms with van der Waals surface area (Å²) >= 11 is 0. The second-order valence-electron chi connectivity index (χ2n) is 4.56. The van der Waals surface area contributed by atoms with Crippen molar-refractivity contribution in [3.8, 4) is 0 Å². The quantitative estimate of drug-likeness (QED) is 0.730. The van der Waals surface area contributed by atoms with E-state index < -0.39 is 0 Å². The zero-order valence-electron chi connectivity index (χ0n) is 7.79. The lowest BCUT2D eigenvalue weighted by molar-refractivity contribution is 0.738. The van der Waals surface area contributed by atoms with Gasteiger partial charge in [0.1, 0.15) is 0 Å². The molecule has 1 heteroatoms. The monoisotopic (exact) mass is 173 g/mol. The molecule has 1 aromatic rings. The van der Waals surface area contributed by atoms with Gasteiger partial charge in [0.25, 0.3) is 0 Å². The van der Waals surface area contributed by atoms with Crippen LogP contribution in [0.4, 0.5) is 0 Å². The van der Waals surface area contributed by atoms with Crippen molar-refractivity contribution in [1.29, 1.82) is 0 Å². The van der Waals surface area contributed by atoms with E-state index in [-0.39, 0.29) is 5.54 Å². The molecule has 2 saturated carbocycles. The highest BCUT2D eigenvalue weighted by molar-refractivity contribution is 5.36. The Balaban J connectivity index is 1.96. The molecule has 2 fully saturated rings. The van der Waals surface area contributed by atoms with Gasteiger partial charge in [-0.3, -0.25) is 0 Å². The minimum Gasteiger partial charge on any atom is -0.321 e. The van der Waals surface area contributed by atoms with E-state index in [1.54, 1.807) is 0 Å². The number of nitrogens with two attached hydrogens (primary N) is 1. The molecule has 0 bridgehead atoms. The molecular weight excluding hydrogens is 158 g/mol. The summed E-state index contributed by atoms with van der Waals surface area (Å²) in [6.07, 6.45) is 5.09. The summed E-state index contributed by atoms with van der Waals surface area (Å²) in [6, 6.07) is 8.91. The fourth-order valence-electron chi connectivity index (χ4n) is 1.94. The van der Waals surface area contributed by atoms with E-state index in [4.69, 9.17) is 5.73 Å². The first-order valence-corrected chi connectivity index (χ1v) is 5.17. The zero-order valence-corrected chi connectivity index (χ0v) is 7.79. The first-order valence-electron chi connectivity index (χ1n) is 5.17. The number of hydrogen-bond donors (Lipinski definition) is 1. The molecule has 2 aliphatic carbocycles. The fraction of sp³-hybridized carbons (Fsp3) is 0.500. The Morgan fingerprint density at radius 2 is 2.00 bits per heavy atom. The van der Waals surface area contributed by atoms with Gasteiger partial charge < -0.3 is 5.73 Å². The molecule has 0 aromatic heterocycles. The third-order valence-corrected chi connectivity index (χ3v) is 3.30. The van der Waals surface area contributed by atoms with Crippen LogP contribution < -0.4 is 5.73 Å². The lowest BCUT2D eigenvalue weighted by Crippen LogP contribution is -2.18. The summed E-state index contributed by atoms with van der Waals surface area (Å²) in [5.41, 5.74) is 9.07. The molecule has 0 atom stereocenters. The largest absolute Gasteiger partial charge is 0.321 e. The van der Waals surface area contributed by atoms with Crippen molar-refractivity contribution >= 4 is 0 Å². The molecule has 0 aliphatic heterocycles. The maximum atomic E-state index is 6.16. The molecule has 0 heterocycles. The first kappa shape index (κ1) is 7.57. The molecule has 1 nitrogen and oxygen atoms in total. The second-order valence-corrected chi connectivity index (χ2v) is 4.56. The van der Waals surface area contributed by atoms with Crippen LogP contribution in [0.2, 0.25) is 0 Å². The van der Waals surface area contributed by atoms with Gasteiger partial charge in [-0.2, -0.15) is 0 Å². The van der Waals surface area contributed by atoms with Crippen molar-refractivity contribution in [3.05, 3.63) is 35.4 Å². The number of rotatable bonds is 2. The third-order valence-electron chi connectivity index (χ3n) is 3.30. The highest BCUT2D eigenvalue weighted by Gasteiger charge is 2.40. The normalized spacial score (nSPS) is 24.4. The van der Waals surface area contributed by atoms with E-state index in [9.17, 15) is 0 Å². The average molecular weight is 173 g/mol. The Morgan fingerprint density at radius 3 is 2.62 bits per heavy atom. The van der Waals surface area contributed by atoms with Gasteiger partial charge in [-0.05, 0) is 42.7 Å². The molecule has 1 aromatic carbocycles. The SMILES string of the molecule is NC1(c2cccc(C3CC3)c2)CC1. The molecule has 3 rings (SSSR count). The van der Waals surface area contributed by atoms with Crippen molar-refractivity contribution < 1.29 is 0 Å². The van der Waals surface area contributed by atoms with Gasteiger partial charge in [0, 0.05) is 5.54 Å². The predicted octanol–water partition coefficient (Wildman–Crippen LogP) is 2.51. The lowest BCUT2D eigenvalue weighted by atomic mass is 10.0. The fourth-order valence-corrected chi connectivity index (χ4v) is 1.94. The molecule has 2 N–H and O–H groups in total. The second kappa shape index (κ2) is 2.36. The summed E-state index contributed by atoms with van der Waals surface area (Å²) in [7, 11) is 0. The minimum absolute atomic E-state index is 0.0465. The van der Waals surface area contributed by atoms with Crippen LogP contribution in [-0.2, 0) is 5.54 Å². The highest BCUT2D eigenvalue weighted by atomic mass is 14.8. The number of benzene rings is 1. The molecule has 0 spiro atoms. The Kier molecular flexibility index (Phi) is 1.37. The van der Waals surface area contributed by atoms with E-state index in [0.717, 1.165) is 5.92 Å². The third kappa shape index (κ3) is 1.28. The van der Waals surface area contributed by atoms with Crippen molar-refractivity contribution in [2.24, 2.45) is 5.73 Å². The summed E-state index contributed by atoms with van der Waals surface area (Å²) in [5.74, 6) is 0.849. The van der Waals surface area contributed by atoms with Crippen molar-refractivity contribution in [2.75, 3.05) is 0 Å². The summed E-state index contributed by atoms with van der Waals surface area (Å²) in [4.78, 5) is 0. The molecule has 13 heavy (non-hydrogen) atoms. The maximum absolute atomic E-state index is 6.16. The molecule has 0 radical (unpaired) electrons. The molecule has 68 valence electrons. The smallest absolute Gasteiger partial charge is 0.0411 e. The Hall–Kier alpha value is -0.820. The van der Waals surface area contributed by atoms with Crippen LogP contribution in [0.25, 0.3) is 0 Å². The molecule has 0 saturated heterocycles. The first-order chi connectivity index (χ1) is 6.28. The van der Waals surface area contributed by atoms with Crippen molar-refractivity contribution in [1.82, 2.24) is 0 Å². The van der Waals surface area contributed by atoms with E-state index in [0.29, 0.717) is 0 Å². The minimum atomic E-state index is 0.0465. The Labute approximate surface area is 78.9 Å². The van der Waals surface area contributed by atoms with Gasteiger partial charge in [0.05, 0.1) is 0 Å². The molecule has 0 amide bonds. The van der Waals surface area contributed by atoms with Crippen LogP contribution in [0.1, 0.15) is 42.7 Å². The van der Waals surface area contributed by atoms with Crippen molar-refractivity contribution in [2.45, 2.75) is 37.1 Å². The van der Waals surface area contributed by atoms with Crippen molar-refractivity contribution in [3.63, 3.8) is 0 Å². The van der Waals surface area contributed by atoms with Gasteiger partial charge in [-0.25, -0.2) is 0 Å². The number of hydrogen-bond acceptors (Lipinski definition) is 1. The van der Waals surface area contributed by atoms with Gasteiger partial charge in [-0.15, -0.1) is 0 Å². The van der Waals surface area contributed by atoms with Crippen LogP contribution >= 0.6 is 0 Å². The van der Waals surface area contributed by atoms with E-state index >= 15 is 0 Å². The Morgan fingerprint density at radius 1 is 1.23 bits per heavy atom. The molecule has 2 aliphatic rings. The van der Waals surface area contributed by atoms with Crippen LogP contribution in [-0.4, -0.2) is 0 Å². The highest BCUT2D eigenvalue weighted by Crippen LogP contribution is 2.45. The standard InChI is InChI=1S/C12H15N/c13-12(6-7-12)11-3-1-2-10(8-11)9-4-5-9/h1-3,8-9H,4-7,13H2. The van der Waals surface area contributed by atoms with E-state index in [2.05, 4.69) is 24.3 Å². The zero-order chi connectivity index (χ0) is 8.89. The van der Waals surface area contributed by atoms with Gasteiger partial charge in [-0.1, -0.05) is 24.3 Å². The molecular formula is C12H15N. The summed E-state index contributed by atoms with van der Waals surface area (Å²) < 4.78 is 0. The van der Waals surface area contributed by atoms with Gasteiger partial charge >= 0.3 is 0 Å². The van der Waals surface area contributed by atoms with Crippen LogP contribution in [0.3, 0.4) is 0 Å². The summed E-state index contributed by atoms with van der Waals surface area (Å²) in [5, 5.41) is 0. The van der Waals surface area contributed by atoms with E-state index in [1.807, 2.05) is 0 Å². The van der Waals surface area contributed by atoms with E-state index in [1.165, 1.54) is 36.8 Å². The van der Waals surface area contributed by atoms with Crippen LogP contribution in [0.5, 0.6) is 0 Å². The average Bonchev–Trinajstić information content (AvgIpc) is 2.99. The van der Waals surface area contributed by atoms with Crippen LogP contribution in [0, 0.1) is 0 Å².